The normalized spacial score (nSPS) is 19.5. The first-order valence-electron chi connectivity index (χ1n) is 7.41. The van der Waals surface area contributed by atoms with Crippen molar-refractivity contribution in [2.24, 2.45) is 11.7 Å². The highest BCUT2D eigenvalue weighted by Gasteiger charge is 2.26. The number of hydrogen-bond donors (Lipinski definition) is 2. The van der Waals surface area contributed by atoms with Gasteiger partial charge in [-0.1, -0.05) is 29.8 Å². The predicted octanol–water partition coefficient (Wildman–Crippen LogP) is 1.93. The van der Waals surface area contributed by atoms with Crippen molar-refractivity contribution in [3.63, 3.8) is 0 Å². The van der Waals surface area contributed by atoms with Crippen molar-refractivity contribution in [2.45, 2.75) is 25.8 Å². The monoisotopic (exact) mass is 261 g/mol. The van der Waals surface area contributed by atoms with Gasteiger partial charge in [-0.2, -0.15) is 0 Å². The molecule has 1 aromatic carbocycles. The molecule has 1 saturated heterocycles. The van der Waals surface area contributed by atoms with Crippen molar-refractivity contribution < 1.29 is 0 Å². The highest BCUT2D eigenvalue weighted by atomic mass is 15.1. The van der Waals surface area contributed by atoms with E-state index in [1.807, 2.05) is 0 Å². The summed E-state index contributed by atoms with van der Waals surface area (Å²) < 4.78 is 0. The van der Waals surface area contributed by atoms with E-state index in [2.05, 4.69) is 48.5 Å². The lowest BCUT2D eigenvalue weighted by Gasteiger charge is -2.36. The summed E-state index contributed by atoms with van der Waals surface area (Å²) in [6.45, 7) is 6.33. The number of rotatable bonds is 5. The first-order valence-corrected chi connectivity index (χ1v) is 7.41. The molecular formula is C16H27N3. The molecule has 1 fully saturated rings. The van der Waals surface area contributed by atoms with Crippen molar-refractivity contribution in [3.05, 3.63) is 35.4 Å². The molecule has 0 amide bonds. The third-order valence-electron chi connectivity index (χ3n) is 4.30. The van der Waals surface area contributed by atoms with Crippen LogP contribution in [-0.4, -0.2) is 38.1 Å². The number of hydrogen-bond acceptors (Lipinski definition) is 3. The van der Waals surface area contributed by atoms with Gasteiger partial charge in [-0.25, -0.2) is 0 Å². The van der Waals surface area contributed by atoms with Crippen LogP contribution in [0, 0.1) is 12.8 Å². The summed E-state index contributed by atoms with van der Waals surface area (Å²) >= 11 is 0. The van der Waals surface area contributed by atoms with Crippen LogP contribution in [0.2, 0.25) is 0 Å². The van der Waals surface area contributed by atoms with Gasteiger partial charge in [0.2, 0.25) is 0 Å². The van der Waals surface area contributed by atoms with Gasteiger partial charge in [0.25, 0.3) is 0 Å². The molecule has 0 aliphatic carbocycles. The zero-order chi connectivity index (χ0) is 13.7. The number of likely N-dealkylation sites (tertiary alicyclic amines) is 1. The molecule has 1 heterocycles. The average molecular weight is 261 g/mol. The molecule has 2 rings (SSSR count). The van der Waals surface area contributed by atoms with Crippen molar-refractivity contribution in [1.82, 2.24) is 10.2 Å². The minimum atomic E-state index is 0.487. The maximum atomic E-state index is 5.63. The third kappa shape index (κ3) is 3.78. The van der Waals surface area contributed by atoms with Gasteiger partial charge in [-0.15, -0.1) is 0 Å². The molecular weight excluding hydrogens is 234 g/mol. The Hall–Kier alpha value is -0.900. The average Bonchev–Trinajstić information content (AvgIpc) is 2.44. The van der Waals surface area contributed by atoms with Crippen LogP contribution >= 0.6 is 0 Å². The second kappa shape index (κ2) is 7.04. The molecule has 0 radical (unpaired) electrons. The molecule has 1 aliphatic rings. The van der Waals surface area contributed by atoms with Crippen molar-refractivity contribution in [2.75, 3.05) is 33.2 Å². The Morgan fingerprint density at radius 1 is 1.26 bits per heavy atom. The van der Waals surface area contributed by atoms with Crippen molar-refractivity contribution >= 4 is 0 Å². The van der Waals surface area contributed by atoms with Crippen LogP contribution in [-0.2, 0) is 0 Å². The molecule has 1 aromatic rings. The molecule has 0 aromatic heterocycles. The minimum absolute atomic E-state index is 0.487. The number of benzene rings is 1. The summed E-state index contributed by atoms with van der Waals surface area (Å²) in [6, 6.07) is 9.44. The van der Waals surface area contributed by atoms with Crippen molar-refractivity contribution in [1.29, 1.82) is 0 Å². The minimum Gasteiger partial charge on any atom is -0.329 e. The summed E-state index contributed by atoms with van der Waals surface area (Å²) in [4.78, 5) is 2.48. The first-order chi connectivity index (χ1) is 9.24. The molecule has 1 aliphatic heterocycles. The third-order valence-corrected chi connectivity index (χ3v) is 4.30. The maximum absolute atomic E-state index is 5.63. The van der Waals surface area contributed by atoms with Gasteiger partial charge in [0, 0.05) is 19.1 Å². The fourth-order valence-corrected chi connectivity index (χ4v) is 3.14. The number of nitrogens with zero attached hydrogens (tertiary/aromatic N) is 1. The van der Waals surface area contributed by atoms with Gasteiger partial charge in [-0.3, -0.25) is 0 Å². The van der Waals surface area contributed by atoms with E-state index in [-0.39, 0.29) is 0 Å². The highest BCUT2D eigenvalue weighted by molar-refractivity contribution is 5.24. The predicted molar refractivity (Wildman–Crippen MR) is 81.2 cm³/mol. The van der Waals surface area contributed by atoms with Crippen LogP contribution < -0.4 is 11.1 Å². The smallest absolute Gasteiger partial charge is 0.0347 e. The fraction of sp³-hybridized carbons (Fsp3) is 0.625. The second-order valence-electron chi connectivity index (χ2n) is 5.64. The van der Waals surface area contributed by atoms with E-state index in [0.717, 1.165) is 19.0 Å². The Morgan fingerprint density at radius 2 is 1.89 bits per heavy atom. The molecule has 0 bridgehead atoms. The fourth-order valence-electron chi connectivity index (χ4n) is 3.14. The Balaban J connectivity index is 1.97. The Labute approximate surface area is 117 Å². The molecule has 0 spiro atoms. The highest BCUT2D eigenvalue weighted by Crippen LogP contribution is 2.30. The van der Waals surface area contributed by atoms with Crippen LogP contribution in [0.25, 0.3) is 0 Å². The number of nitrogens with one attached hydrogen (secondary N) is 1. The Kier molecular flexibility index (Phi) is 5.37. The van der Waals surface area contributed by atoms with Gasteiger partial charge in [0.1, 0.15) is 0 Å². The molecule has 1 atom stereocenters. The van der Waals surface area contributed by atoms with Gasteiger partial charge in [-0.05, 0) is 51.4 Å². The molecule has 106 valence electrons. The van der Waals surface area contributed by atoms with Gasteiger partial charge in [0.15, 0.2) is 0 Å². The van der Waals surface area contributed by atoms with E-state index in [0.29, 0.717) is 6.04 Å². The van der Waals surface area contributed by atoms with Crippen LogP contribution in [0.5, 0.6) is 0 Å². The van der Waals surface area contributed by atoms with E-state index in [4.69, 9.17) is 5.73 Å². The molecule has 1 unspecified atom stereocenters. The molecule has 19 heavy (non-hydrogen) atoms. The number of piperidine rings is 1. The lowest BCUT2D eigenvalue weighted by Crippen LogP contribution is -2.40. The van der Waals surface area contributed by atoms with E-state index in [1.165, 1.54) is 37.1 Å². The molecule has 3 nitrogen and oxygen atoms in total. The quantitative estimate of drug-likeness (QED) is 0.851. The number of aryl methyl sites for hydroxylation is 1. The standard InChI is InChI=1S/C16H27N3/c1-13-3-5-14(6-4-13)16(18-2)15-7-10-19(11-8-15)12-9-17/h3-6,15-16,18H,7-12,17H2,1-2H3. The van der Waals surface area contributed by atoms with Gasteiger partial charge >= 0.3 is 0 Å². The van der Waals surface area contributed by atoms with E-state index in [1.54, 1.807) is 0 Å². The maximum Gasteiger partial charge on any atom is 0.0347 e. The largest absolute Gasteiger partial charge is 0.329 e. The van der Waals surface area contributed by atoms with Gasteiger partial charge < -0.3 is 16.0 Å². The summed E-state index contributed by atoms with van der Waals surface area (Å²) in [7, 11) is 2.08. The van der Waals surface area contributed by atoms with Crippen LogP contribution in [0.4, 0.5) is 0 Å². The van der Waals surface area contributed by atoms with Crippen molar-refractivity contribution in [3.8, 4) is 0 Å². The van der Waals surface area contributed by atoms with Crippen LogP contribution in [0.3, 0.4) is 0 Å². The SMILES string of the molecule is CNC(c1ccc(C)cc1)C1CCN(CCN)CC1. The zero-order valence-corrected chi connectivity index (χ0v) is 12.2. The molecule has 3 heteroatoms. The van der Waals surface area contributed by atoms with E-state index < -0.39 is 0 Å². The lowest BCUT2D eigenvalue weighted by atomic mass is 9.85. The summed E-state index contributed by atoms with van der Waals surface area (Å²) in [5, 5.41) is 3.51. The first kappa shape index (κ1) is 14.5. The second-order valence-corrected chi connectivity index (χ2v) is 5.64. The summed E-state index contributed by atoms with van der Waals surface area (Å²) in [5.74, 6) is 0.738. The van der Waals surface area contributed by atoms with Gasteiger partial charge in [0.05, 0.1) is 0 Å². The molecule has 3 N–H and O–H groups in total. The van der Waals surface area contributed by atoms with Crippen LogP contribution in [0.1, 0.15) is 30.0 Å². The Morgan fingerprint density at radius 3 is 2.42 bits per heavy atom. The topological polar surface area (TPSA) is 41.3 Å². The number of nitrogens with two attached hydrogens (primary N) is 1. The van der Waals surface area contributed by atoms with Crippen LogP contribution in [0.15, 0.2) is 24.3 Å². The van der Waals surface area contributed by atoms with E-state index >= 15 is 0 Å². The Bertz CT molecular complexity index is 366. The summed E-state index contributed by atoms with van der Waals surface area (Å²) in [6.07, 6.45) is 2.53. The molecule has 0 saturated carbocycles. The summed E-state index contributed by atoms with van der Waals surface area (Å²) in [5.41, 5.74) is 8.38. The zero-order valence-electron chi connectivity index (χ0n) is 12.2. The lowest BCUT2D eigenvalue weighted by molar-refractivity contribution is 0.164. The van der Waals surface area contributed by atoms with E-state index in [9.17, 15) is 0 Å².